The van der Waals surface area contributed by atoms with Crippen molar-refractivity contribution in [2.45, 2.75) is 39.7 Å². The monoisotopic (exact) mass is 220 g/mol. The third-order valence-electron chi connectivity index (χ3n) is 2.93. The molecule has 0 aliphatic rings. The minimum atomic E-state index is 0.104. The summed E-state index contributed by atoms with van der Waals surface area (Å²) < 4.78 is 0. The van der Waals surface area contributed by atoms with E-state index in [-0.39, 0.29) is 6.04 Å². The highest BCUT2D eigenvalue weighted by molar-refractivity contribution is 5.54. The zero-order valence-corrected chi connectivity index (χ0v) is 10.7. The van der Waals surface area contributed by atoms with Crippen LogP contribution < -0.4 is 10.6 Å². The maximum Gasteiger partial charge on any atom is 0.0414 e. The third-order valence-corrected chi connectivity index (χ3v) is 2.93. The van der Waals surface area contributed by atoms with Crippen molar-refractivity contribution in [3.63, 3.8) is 0 Å². The van der Waals surface area contributed by atoms with E-state index in [0.29, 0.717) is 0 Å². The molecule has 0 spiro atoms. The average molecular weight is 220 g/mol. The minimum absolute atomic E-state index is 0.104. The molecule has 1 rings (SSSR count). The van der Waals surface area contributed by atoms with Crippen LogP contribution in [0.25, 0.3) is 0 Å². The summed E-state index contributed by atoms with van der Waals surface area (Å²) in [4.78, 5) is 2.42. The van der Waals surface area contributed by atoms with E-state index in [9.17, 15) is 0 Å². The van der Waals surface area contributed by atoms with Gasteiger partial charge in [0.2, 0.25) is 0 Å². The van der Waals surface area contributed by atoms with Gasteiger partial charge >= 0.3 is 0 Å². The number of unbranched alkanes of at least 4 members (excludes halogenated alkanes) is 1. The van der Waals surface area contributed by atoms with Crippen LogP contribution in [0, 0.1) is 0 Å². The van der Waals surface area contributed by atoms with E-state index < -0.39 is 0 Å². The van der Waals surface area contributed by atoms with Crippen molar-refractivity contribution < 1.29 is 0 Å². The van der Waals surface area contributed by atoms with Crippen molar-refractivity contribution in [3.8, 4) is 0 Å². The Hall–Kier alpha value is -1.02. The molecule has 1 atom stereocenters. The molecule has 1 aromatic rings. The van der Waals surface area contributed by atoms with Crippen LogP contribution in [0.2, 0.25) is 0 Å². The van der Waals surface area contributed by atoms with E-state index in [1.807, 2.05) is 6.92 Å². The lowest BCUT2D eigenvalue weighted by atomic mass is 10.1. The highest BCUT2D eigenvalue weighted by atomic mass is 15.1. The highest BCUT2D eigenvalue weighted by Gasteiger charge is 2.11. The van der Waals surface area contributed by atoms with Crippen molar-refractivity contribution in [2.75, 3.05) is 18.0 Å². The lowest BCUT2D eigenvalue weighted by molar-refractivity contribution is 0.720. The van der Waals surface area contributed by atoms with Gasteiger partial charge in [-0.1, -0.05) is 31.5 Å². The van der Waals surface area contributed by atoms with Gasteiger partial charge in [0.15, 0.2) is 0 Å². The molecule has 0 amide bonds. The third kappa shape index (κ3) is 3.24. The standard InChI is InChI=1S/C14H24N2/c1-4-6-11-16(5-2)14-10-8-7-9-13(14)12(3)15/h7-10,12H,4-6,11,15H2,1-3H3. The molecular weight excluding hydrogens is 196 g/mol. The molecule has 0 aliphatic carbocycles. The smallest absolute Gasteiger partial charge is 0.0414 e. The van der Waals surface area contributed by atoms with Gasteiger partial charge in [0.05, 0.1) is 0 Å². The van der Waals surface area contributed by atoms with Crippen molar-refractivity contribution in [2.24, 2.45) is 5.73 Å². The maximum atomic E-state index is 6.01. The second-order valence-corrected chi connectivity index (χ2v) is 4.28. The summed E-state index contributed by atoms with van der Waals surface area (Å²) in [5.41, 5.74) is 8.56. The molecular formula is C14H24N2. The zero-order chi connectivity index (χ0) is 12.0. The Labute approximate surface area is 99.5 Å². The summed E-state index contributed by atoms with van der Waals surface area (Å²) >= 11 is 0. The van der Waals surface area contributed by atoms with E-state index >= 15 is 0 Å². The Morgan fingerprint density at radius 2 is 1.94 bits per heavy atom. The van der Waals surface area contributed by atoms with Crippen molar-refractivity contribution >= 4 is 5.69 Å². The molecule has 0 aliphatic heterocycles. The Bertz CT molecular complexity index is 307. The van der Waals surface area contributed by atoms with E-state index in [2.05, 4.69) is 43.0 Å². The Morgan fingerprint density at radius 3 is 2.50 bits per heavy atom. The summed E-state index contributed by atoms with van der Waals surface area (Å²) in [7, 11) is 0. The molecule has 1 aromatic carbocycles. The van der Waals surface area contributed by atoms with Gasteiger partial charge < -0.3 is 10.6 Å². The molecule has 0 bridgehead atoms. The molecule has 16 heavy (non-hydrogen) atoms. The summed E-state index contributed by atoms with van der Waals surface area (Å²) in [5.74, 6) is 0. The molecule has 1 unspecified atom stereocenters. The summed E-state index contributed by atoms with van der Waals surface area (Å²) in [6, 6.07) is 8.57. The number of benzene rings is 1. The predicted molar refractivity (Wildman–Crippen MR) is 71.8 cm³/mol. The van der Waals surface area contributed by atoms with Gasteiger partial charge in [0, 0.05) is 24.8 Å². The molecule has 0 aromatic heterocycles. The zero-order valence-electron chi connectivity index (χ0n) is 10.7. The minimum Gasteiger partial charge on any atom is -0.372 e. The fourth-order valence-electron chi connectivity index (χ4n) is 1.96. The Balaban J connectivity index is 2.90. The predicted octanol–water partition coefficient (Wildman–Crippen LogP) is 3.33. The first-order valence-corrected chi connectivity index (χ1v) is 6.30. The first-order chi connectivity index (χ1) is 7.70. The Kier molecular flexibility index (Phi) is 5.33. The topological polar surface area (TPSA) is 29.3 Å². The fraction of sp³-hybridized carbons (Fsp3) is 0.571. The summed E-state index contributed by atoms with van der Waals surface area (Å²) in [6.07, 6.45) is 2.47. The van der Waals surface area contributed by atoms with Crippen LogP contribution in [-0.4, -0.2) is 13.1 Å². The highest BCUT2D eigenvalue weighted by Crippen LogP contribution is 2.25. The molecule has 2 heteroatoms. The van der Waals surface area contributed by atoms with Crippen LogP contribution in [-0.2, 0) is 0 Å². The second-order valence-electron chi connectivity index (χ2n) is 4.28. The van der Waals surface area contributed by atoms with Crippen molar-refractivity contribution in [1.29, 1.82) is 0 Å². The van der Waals surface area contributed by atoms with Gasteiger partial charge in [-0.05, 0) is 31.9 Å². The van der Waals surface area contributed by atoms with Gasteiger partial charge in [-0.15, -0.1) is 0 Å². The van der Waals surface area contributed by atoms with Crippen molar-refractivity contribution in [3.05, 3.63) is 29.8 Å². The summed E-state index contributed by atoms with van der Waals surface area (Å²) in [6.45, 7) is 8.64. The number of nitrogens with two attached hydrogens (primary N) is 1. The number of para-hydroxylation sites is 1. The van der Waals surface area contributed by atoms with Crippen LogP contribution in [0.3, 0.4) is 0 Å². The number of nitrogens with zero attached hydrogens (tertiary/aromatic N) is 1. The van der Waals surface area contributed by atoms with Crippen LogP contribution in [0.5, 0.6) is 0 Å². The van der Waals surface area contributed by atoms with Crippen LogP contribution in [0.4, 0.5) is 5.69 Å². The molecule has 0 heterocycles. The molecule has 2 nitrogen and oxygen atoms in total. The Morgan fingerprint density at radius 1 is 1.25 bits per heavy atom. The normalized spacial score (nSPS) is 12.5. The van der Waals surface area contributed by atoms with Crippen LogP contribution >= 0.6 is 0 Å². The van der Waals surface area contributed by atoms with Gasteiger partial charge in [-0.3, -0.25) is 0 Å². The van der Waals surface area contributed by atoms with Crippen LogP contribution in [0.1, 0.15) is 45.2 Å². The molecule has 0 radical (unpaired) electrons. The van der Waals surface area contributed by atoms with E-state index in [1.54, 1.807) is 0 Å². The lowest BCUT2D eigenvalue weighted by Crippen LogP contribution is -2.26. The van der Waals surface area contributed by atoms with Gasteiger partial charge in [0.1, 0.15) is 0 Å². The number of hydrogen-bond acceptors (Lipinski definition) is 2. The first-order valence-electron chi connectivity index (χ1n) is 6.30. The van der Waals surface area contributed by atoms with E-state index in [1.165, 1.54) is 24.1 Å². The quantitative estimate of drug-likeness (QED) is 0.796. The number of anilines is 1. The number of rotatable bonds is 6. The van der Waals surface area contributed by atoms with Crippen LogP contribution in [0.15, 0.2) is 24.3 Å². The maximum absolute atomic E-state index is 6.01. The van der Waals surface area contributed by atoms with Gasteiger partial charge in [-0.2, -0.15) is 0 Å². The molecule has 0 saturated carbocycles. The average Bonchev–Trinajstić information content (AvgIpc) is 2.30. The molecule has 90 valence electrons. The molecule has 0 fully saturated rings. The molecule has 2 N–H and O–H groups in total. The van der Waals surface area contributed by atoms with Gasteiger partial charge in [0.25, 0.3) is 0 Å². The lowest BCUT2D eigenvalue weighted by Gasteiger charge is -2.26. The van der Waals surface area contributed by atoms with Gasteiger partial charge in [-0.25, -0.2) is 0 Å². The molecule has 0 saturated heterocycles. The summed E-state index contributed by atoms with van der Waals surface area (Å²) in [5, 5.41) is 0. The van der Waals surface area contributed by atoms with Crippen molar-refractivity contribution in [1.82, 2.24) is 0 Å². The first kappa shape index (κ1) is 13.0. The van der Waals surface area contributed by atoms with E-state index in [0.717, 1.165) is 13.1 Å². The van der Waals surface area contributed by atoms with E-state index in [4.69, 9.17) is 5.73 Å². The SMILES string of the molecule is CCCCN(CC)c1ccccc1C(C)N. The second kappa shape index (κ2) is 6.54. The fourth-order valence-corrected chi connectivity index (χ4v) is 1.96. The number of hydrogen-bond donors (Lipinski definition) is 1. The largest absolute Gasteiger partial charge is 0.372 e.